The number of esters is 1. The summed E-state index contributed by atoms with van der Waals surface area (Å²) in [6.45, 7) is 6.13. The first-order chi connectivity index (χ1) is 14.2. The minimum absolute atomic E-state index is 0.248. The Morgan fingerprint density at radius 3 is 2.79 bits per heavy atom. The maximum Gasteiger partial charge on any atom is 0.359 e. The number of hydrogen-bond donors (Lipinski definition) is 1. The highest BCUT2D eigenvalue weighted by molar-refractivity contribution is 5.94. The van der Waals surface area contributed by atoms with Crippen LogP contribution in [0.4, 0.5) is 11.4 Å². The fraction of sp³-hybridized carbons (Fsp3) is 0.455. The van der Waals surface area contributed by atoms with E-state index in [1.54, 1.807) is 32.4 Å². The number of likely N-dealkylation sites (tertiary alicyclic amines) is 1. The van der Waals surface area contributed by atoms with Gasteiger partial charge in [0, 0.05) is 24.5 Å². The zero-order chi connectivity index (χ0) is 20.5. The molecule has 7 heteroatoms. The molecule has 0 unspecified atom stereocenters. The second-order valence-corrected chi connectivity index (χ2v) is 6.86. The SMILES string of the molecule is CCOC(=O)c1ncccc1Nc1ccc(OC)c(OCCCN2CCCC2)c1. The molecule has 0 radical (unpaired) electrons. The first kappa shape index (κ1) is 20.9. The van der Waals surface area contributed by atoms with Gasteiger partial charge in [0.1, 0.15) is 0 Å². The quantitative estimate of drug-likeness (QED) is 0.480. The molecule has 7 nitrogen and oxygen atoms in total. The topological polar surface area (TPSA) is 72.9 Å². The Hall–Kier alpha value is -2.80. The van der Waals surface area contributed by atoms with Crippen LogP contribution in [0.5, 0.6) is 11.5 Å². The molecule has 0 atom stereocenters. The Labute approximate surface area is 172 Å². The minimum atomic E-state index is -0.456. The molecule has 1 aromatic carbocycles. The van der Waals surface area contributed by atoms with Gasteiger partial charge in [-0.15, -0.1) is 0 Å². The Kier molecular flexibility index (Phi) is 7.69. The largest absolute Gasteiger partial charge is 0.493 e. The van der Waals surface area contributed by atoms with Crippen LogP contribution in [0, 0.1) is 0 Å². The third-order valence-electron chi connectivity index (χ3n) is 4.79. The number of carbonyl (C=O) groups is 1. The molecular weight excluding hydrogens is 370 g/mol. The number of anilines is 2. The van der Waals surface area contributed by atoms with E-state index < -0.39 is 5.97 Å². The van der Waals surface area contributed by atoms with E-state index in [2.05, 4.69) is 15.2 Å². The number of benzene rings is 1. The van der Waals surface area contributed by atoms with Crippen LogP contribution in [-0.2, 0) is 4.74 Å². The Balaban J connectivity index is 1.66. The van der Waals surface area contributed by atoms with Crippen LogP contribution in [0.3, 0.4) is 0 Å². The molecule has 1 N–H and O–H groups in total. The van der Waals surface area contributed by atoms with E-state index in [4.69, 9.17) is 14.2 Å². The summed E-state index contributed by atoms with van der Waals surface area (Å²) < 4.78 is 16.5. The second kappa shape index (κ2) is 10.7. The molecule has 1 aromatic heterocycles. The van der Waals surface area contributed by atoms with Gasteiger partial charge in [0.15, 0.2) is 17.2 Å². The molecule has 1 aliphatic rings. The van der Waals surface area contributed by atoms with Crippen molar-refractivity contribution in [2.24, 2.45) is 0 Å². The van der Waals surface area contributed by atoms with Gasteiger partial charge in [-0.05, 0) is 63.5 Å². The maximum absolute atomic E-state index is 12.1. The van der Waals surface area contributed by atoms with E-state index >= 15 is 0 Å². The van der Waals surface area contributed by atoms with Gasteiger partial charge in [-0.25, -0.2) is 9.78 Å². The van der Waals surface area contributed by atoms with E-state index in [-0.39, 0.29) is 5.69 Å². The molecule has 0 aliphatic carbocycles. The molecule has 0 amide bonds. The lowest BCUT2D eigenvalue weighted by Gasteiger charge is -2.16. The summed E-state index contributed by atoms with van der Waals surface area (Å²) in [6, 6.07) is 9.15. The minimum Gasteiger partial charge on any atom is -0.493 e. The molecular formula is C22H29N3O4. The summed E-state index contributed by atoms with van der Waals surface area (Å²) in [7, 11) is 1.62. The average Bonchev–Trinajstić information content (AvgIpc) is 3.25. The van der Waals surface area contributed by atoms with Gasteiger partial charge >= 0.3 is 5.97 Å². The van der Waals surface area contributed by atoms with Crippen molar-refractivity contribution in [3.05, 3.63) is 42.2 Å². The number of rotatable bonds is 10. The third kappa shape index (κ3) is 5.84. The maximum atomic E-state index is 12.1. The number of nitrogens with zero attached hydrogens (tertiary/aromatic N) is 2. The van der Waals surface area contributed by atoms with Crippen molar-refractivity contribution in [1.82, 2.24) is 9.88 Å². The number of nitrogens with one attached hydrogen (secondary N) is 1. The summed E-state index contributed by atoms with van der Waals surface area (Å²) in [4.78, 5) is 18.8. The first-order valence-corrected chi connectivity index (χ1v) is 10.1. The molecule has 2 aromatic rings. The van der Waals surface area contributed by atoms with E-state index in [9.17, 15) is 4.79 Å². The number of hydrogen-bond acceptors (Lipinski definition) is 7. The van der Waals surface area contributed by atoms with E-state index in [1.807, 2.05) is 18.2 Å². The summed E-state index contributed by atoms with van der Waals surface area (Å²) in [5.74, 6) is 0.886. The molecule has 3 rings (SSSR count). The standard InChI is InChI=1S/C22H29N3O4/c1-3-28-22(26)21-18(8-6-11-23-21)24-17-9-10-19(27-2)20(16-17)29-15-7-14-25-12-4-5-13-25/h6,8-11,16,24H,3-5,7,12-15H2,1-2H3. The molecule has 156 valence electrons. The fourth-order valence-corrected chi connectivity index (χ4v) is 3.37. The zero-order valence-corrected chi connectivity index (χ0v) is 17.1. The molecule has 0 bridgehead atoms. The summed E-state index contributed by atoms with van der Waals surface area (Å²) in [5.41, 5.74) is 1.60. The highest BCUT2D eigenvalue weighted by Crippen LogP contribution is 2.32. The van der Waals surface area contributed by atoms with Crippen LogP contribution in [0.15, 0.2) is 36.5 Å². The van der Waals surface area contributed by atoms with E-state index in [1.165, 1.54) is 25.9 Å². The molecule has 0 spiro atoms. The molecule has 1 saturated heterocycles. The predicted molar refractivity (Wildman–Crippen MR) is 112 cm³/mol. The molecule has 2 heterocycles. The number of carbonyl (C=O) groups excluding carboxylic acids is 1. The second-order valence-electron chi connectivity index (χ2n) is 6.86. The Bertz CT molecular complexity index is 806. The molecule has 1 aliphatic heterocycles. The number of methoxy groups -OCH3 is 1. The van der Waals surface area contributed by atoms with Crippen molar-refractivity contribution < 1.29 is 19.0 Å². The summed E-state index contributed by atoms with van der Waals surface area (Å²) in [6.07, 6.45) is 5.13. The van der Waals surface area contributed by atoms with Crippen molar-refractivity contribution in [2.75, 3.05) is 45.3 Å². The predicted octanol–water partition coefficient (Wildman–Crippen LogP) is 3.88. The van der Waals surface area contributed by atoms with Gasteiger partial charge in [-0.1, -0.05) is 0 Å². The van der Waals surface area contributed by atoms with Crippen molar-refractivity contribution in [3.63, 3.8) is 0 Å². The number of aromatic nitrogens is 1. The molecule has 29 heavy (non-hydrogen) atoms. The highest BCUT2D eigenvalue weighted by Gasteiger charge is 2.15. The first-order valence-electron chi connectivity index (χ1n) is 10.1. The van der Waals surface area contributed by atoms with Crippen LogP contribution < -0.4 is 14.8 Å². The van der Waals surface area contributed by atoms with Crippen LogP contribution in [-0.4, -0.2) is 55.8 Å². The van der Waals surface area contributed by atoms with Crippen molar-refractivity contribution in [3.8, 4) is 11.5 Å². The Morgan fingerprint density at radius 1 is 1.21 bits per heavy atom. The number of ether oxygens (including phenoxy) is 3. The van der Waals surface area contributed by atoms with Crippen molar-refractivity contribution in [1.29, 1.82) is 0 Å². The van der Waals surface area contributed by atoms with E-state index in [0.717, 1.165) is 18.7 Å². The van der Waals surface area contributed by atoms with Crippen molar-refractivity contribution >= 4 is 17.3 Å². The fourth-order valence-electron chi connectivity index (χ4n) is 3.37. The molecule has 0 saturated carbocycles. The highest BCUT2D eigenvalue weighted by atomic mass is 16.5. The van der Waals surface area contributed by atoms with Gasteiger partial charge in [0.05, 0.1) is 26.0 Å². The average molecular weight is 399 g/mol. The lowest BCUT2D eigenvalue weighted by molar-refractivity contribution is 0.0521. The monoisotopic (exact) mass is 399 g/mol. The Morgan fingerprint density at radius 2 is 2.03 bits per heavy atom. The van der Waals surface area contributed by atoms with E-state index in [0.29, 0.717) is 30.4 Å². The normalized spacial score (nSPS) is 13.9. The summed E-state index contributed by atoms with van der Waals surface area (Å²) in [5, 5.41) is 3.23. The lowest BCUT2D eigenvalue weighted by atomic mass is 10.2. The summed E-state index contributed by atoms with van der Waals surface area (Å²) >= 11 is 0. The van der Waals surface area contributed by atoms with Gasteiger partial charge in [0.2, 0.25) is 0 Å². The van der Waals surface area contributed by atoms with Gasteiger partial charge in [-0.2, -0.15) is 0 Å². The van der Waals surface area contributed by atoms with Gasteiger partial charge < -0.3 is 24.4 Å². The van der Waals surface area contributed by atoms with Crippen LogP contribution >= 0.6 is 0 Å². The van der Waals surface area contributed by atoms with Crippen LogP contribution in [0.1, 0.15) is 36.7 Å². The van der Waals surface area contributed by atoms with Gasteiger partial charge in [0.25, 0.3) is 0 Å². The van der Waals surface area contributed by atoms with Crippen LogP contribution in [0.2, 0.25) is 0 Å². The van der Waals surface area contributed by atoms with Crippen molar-refractivity contribution in [2.45, 2.75) is 26.2 Å². The lowest BCUT2D eigenvalue weighted by Crippen LogP contribution is -2.21. The third-order valence-corrected chi connectivity index (χ3v) is 4.79. The van der Waals surface area contributed by atoms with Gasteiger partial charge in [-0.3, -0.25) is 0 Å². The number of pyridine rings is 1. The zero-order valence-electron chi connectivity index (χ0n) is 17.1. The van der Waals surface area contributed by atoms with Crippen LogP contribution in [0.25, 0.3) is 0 Å². The smallest absolute Gasteiger partial charge is 0.359 e. The molecule has 1 fully saturated rings.